The topological polar surface area (TPSA) is 68.3 Å². The number of hydrogen-bond acceptors (Lipinski definition) is 5. The average molecular weight is 331 g/mol. The van der Waals surface area contributed by atoms with E-state index in [1.165, 1.54) is 18.0 Å². The van der Waals surface area contributed by atoms with Crippen molar-refractivity contribution in [3.05, 3.63) is 23.4 Å². The molecular weight excluding hydrogens is 312 g/mol. The van der Waals surface area contributed by atoms with Crippen molar-refractivity contribution in [2.75, 3.05) is 16.8 Å². The Morgan fingerprint density at radius 2 is 2.10 bits per heavy atom. The number of amides is 1. The van der Waals surface area contributed by atoms with Crippen LogP contribution in [0.25, 0.3) is 0 Å². The maximum Gasteiger partial charge on any atom is 0.307 e. The van der Waals surface area contributed by atoms with Gasteiger partial charge in [0.15, 0.2) is 0 Å². The molecule has 1 aromatic heterocycles. The zero-order chi connectivity index (χ0) is 15.9. The molecule has 7 heteroatoms. The second-order valence-electron chi connectivity index (χ2n) is 5.30. The van der Waals surface area contributed by atoms with Crippen molar-refractivity contribution < 1.29 is 14.3 Å². The van der Waals surface area contributed by atoms with Crippen molar-refractivity contribution in [1.29, 1.82) is 0 Å². The van der Waals surface area contributed by atoms with Gasteiger partial charge in [0.2, 0.25) is 5.91 Å². The number of carbonyl (C=O) groups excluding carboxylic acids is 2. The Hall–Kier alpha value is -1.27. The highest BCUT2D eigenvalue weighted by atomic mass is 35.5. The predicted octanol–water partition coefficient (Wildman–Crippen LogP) is 3.14. The van der Waals surface area contributed by atoms with Gasteiger partial charge in [0.05, 0.1) is 17.2 Å². The number of aromatic nitrogens is 1. The van der Waals surface area contributed by atoms with Crippen LogP contribution in [0, 0.1) is 0 Å². The van der Waals surface area contributed by atoms with E-state index in [2.05, 4.69) is 10.3 Å². The summed E-state index contributed by atoms with van der Waals surface area (Å²) in [7, 11) is 0. The molecule has 116 valence electrons. The first-order chi connectivity index (χ1) is 9.76. The van der Waals surface area contributed by atoms with Gasteiger partial charge in [-0.15, -0.1) is 0 Å². The summed E-state index contributed by atoms with van der Waals surface area (Å²) in [6.45, 7) is 5.47. The number of rotatable bonds is 6. The van der Waals surface area contributed by atoms with Crippen molar-refractivity contribution in [3.63, 3.8) is 0 Å². The number of ether oxygens (including phenoxy) is 1. The molecular formula is C14H19ClN2O3S. The van der Waals surface area contributed by atoms with Crippen LogP contribution in [0.15, 0.2) is 18.3 Å². The SMILES string of the molecule is CC(C)(C)OC(=O)CCSCC(=O)Nc1ccc(Cl)cn1. The number of pyridine rings is 1. The molecule has 0 atom stereocenters. The minimum atomic E-state index is -0.473. The lowest BCUT2D eigenvalue weighted by Gasteiger charge is -2.19. The monoisotopic (exact) mass is 330 g/mol. The van der Waals surface area contributed by atoms with Gasteiger partial charge in [0.25, 0.3) is 0 Å². The Morgan fingerprint density at radius 3 is 2.67 bits per heavy atom. The first kappa shape index (κ1) is 17.8. The Bertz CT molecular complexity index is 486. The van der Waals surface area contributed by atoms with E-state index in [-0.39, 0.29) is 24.1 Å². The fourth-order valence-corrected chi connectivity index (χ4v) is 2.17. The van der Waals surface area contributed by atoms with Gasteiger partial charge in [0.1, 0.15) is 11.4 Å². The van der Waals surface area contributed by atoms with Crippen LogP contribution < -0.4 is 5.32 Å². The first-order valence-electron chi connectivity index (χ1n) is 6.47. The fourth-order valence-electron chi connectivity index (χ4n) is 1.34. The third kappa shape index (κ3) is 8.57. The second-order valence-corrected chi connectivity index (χ2v) is 6.84. The molecule has 0 aliphatic carbocycles. The van der Waals surface area contributed by atoms with E-state index >= 15 is 0 Å². The Kier molecular flexibility index (Phi) is 6.98. The van der Waals surface area contributed by atoms with E-state index in [0.29, 0.717) is 16.6 Å². The van der Waals surface area contributed by atoms with Crippen molar-refractivity contribution in [2.45, 2.75) is 32.8 Å². The van der Waals surface area contributed by atoms with Crippen LogP contribution >= 0.6 is 23.4 Å². The molecule has 0 aliphatic heterocycles. The minimum absolute atomic E-state index is 0.168. The molecule has 1 amide bonds. The molecule has 0 unspecified atom stereocenters. The van der Waals surface area contributed by atoms with Gasteiger partial charge in [0, 0.05) is 11.9 Å². The number of esters is 1. The number of thioether (sulfide) groups is 1. The van der Waals surface area contributed by atoms with E-state index in [4.69, 9.17) is 16.3 Å². The fraction of sp³-hybridized carbons (Fsp3) is 0.500. The summed E-state index contributed by atoms with van der Waals surface area (Å²) in [5.41, 5.74) is -0.473. The van der Waals surface area contributed by atoms with E-state index in [0.717, 1.165) is 0 Å². The van der Waals surface area contributed by atoms with Gasteiger partial charge in [-0.2, -0.15) is 11.8 Å². The molecule has 5 nitrogen and oxygen atoms in total. The molecule has 0 fully saturated rings. The largest absolute Gasteiger partial charge is 0.460 e. The lowest BCUT2D eigenvalue weighted by atomic mass is 10.2. The average Bonchev–Trinajstić information content (AvgIpc) is 2.35. The van der Waals surface area contributed by atoms with Crippen LogP contribution in [-0.4, -0.2) is 34.0 Å². The van der Waals surface area contributed by atoms with E-state index in [1.54, 1.807) is 12.1 Å². The van der Waals surface area contributed by atoms with Gasteiger partial charge in [-0.3, -0.25) is 9.59 Å². The van der Waals surface area contributed by atoms with Gasteiger partial charge in [-0.05, 0) is 32.9 Å². The zero-order valence-corrected chi connectivity index (χ0v) is 13.9. The molecule has 1 rings (SSSR count). The third-order valence-electron chi connectivity index (χ3n) is 2.10. The molecule has 1 N–H and O–H groups in total. The smallest absolute Gasteiger partial charge is 0.307 e. The predicted molar refractivity (Wildman–Crippen MR) is 85.7 cm³/mol. The van der Waals surface area contributed by atoms with Crippen LogP contribution in [0.2, 0.25) is 5.02 Å². The van der Waals surface area contributed by atoms with Crippen molar-refractivity contribution in [2.24, 2.45) is 0 Å². The maximum atomic E-state index is 11.6. The lowest BCUT2D eigenvalue weighted by Crippen LogP contribution is -2.24. The lowest BCUT2D eigenvalue weighted by molar-refractivity contribution is -0.154. The molecule has 0 aliphatic rings. The summed E-state index contributed by atoms with van der Waals surface area (Å²) in [4.78, 5) is 27.1. The normalized spacial score (nSPS) is 11.0. The molecule has 0 saturated heterocycles. The Morgan fingerprint density at radius 1 is 1.38 bits per heavy atom. The zero-order valence-electron chi connectivity index (χ0n) is 12.3. The number of nitrogens with zero attached hydrogens (tertiary/aromatic N) is 1. The molecule has 0 bridgehead atoms. The van der Waals surface area contributed by atoms with Gasteiger partial charge < -0.3 is 10.1 Å². The van der Waals surface area contributed by atoms with E-state index < -0.39 is 5.60 Å². The van der Waals surface area contributed by atoms with Gasteiger partial charge >= 0.3 is 5.97 Å². The van der Waals surface area contributed by atoms with Crippen LogP contribution in [0.5, 0.6) is 0 Å². The summed E-state index contributed by atoms with van der Waals surface area (Å²) < 4.78 is 5.18. The molecule has 1 aromatic rings. The number of anilines is 1. The Labute approximate surface area is 133 Å². The summed E-state index contributed by atoms with van der Waals surface area (Å²) >= 11 is 7.07. The number of halogens is 1. The highest BCUT2D eigenvalue weighted by Crippen LogP contribution is 2.12. The van der Waals surface area contributed by atoms with E-state index in [9.17, 15) is 9.59 Å². The third-order valence-corrected chi connectivity index (χ3v) is 3.28. The molecule has 0 radical (unpaired) electrons. The standard InChI is InChI=1S/C14H19ClN2O3S/c1-14(2,3)20-13(19)6-7-21-9-12(18)17-11-5-4-10(15)8-16-11/h4-5,8H,6-7,9H2,1-3H3,(H,16,17,18). The summed E-state index contributed by atoms with van der Waals surface area (Å²) in [5, 5.41) is 3.16. The summed E-state index contributed by atoms with van der Waals surface area (Å²) in [6, 6.07) is 3.28. The number of hydrogen-bond donors (Lipinski definition) is 1. The second kappa shape index (κ2) is 8.24. The van der Waals surface area contributed by atoms with Crippen LogP contribution in [-0.2, 0) is 14.3 Å². The molecule has 21 heavy (non-hydrogen) atoms. The summed E-state index contributed by atoms with van der Waals surface area (Å²) in [5.74, 6) is 0.828. The van der Waals surface area contributed by atoms with Gasteiger partial charge in [-0.1, -0.05) is 11.6 Å². The van der Waals surface area contributed by atoms with E-state index in [1.807, 2.05) is 20.8 Å². The van der Waals surface area contributed by atoms with Crippen LogP contribution in [0.4, 0.5) is 5.82 Å². The molecule has 0 aromatic carbocycles. The van der Waals surface area contributed by atoms with Crippen LogP contribution in [0.3, 0.4) is 0 Å². The first-order valence-corrected chi connectivity index (χ1v) is 8.00. The van der Waals surface area contributed by atoms with Crippen molar-refractivity contribution in [3.8, 4) is 0 Å². The van der Waals surface area contributed by atoms with Crippen LogP contribution in [0.1, 0.15) is 27.2 Å². The number of carbonyl (C=O) groups is 2. The molecule has 0 spiro atoms. The highest BCUT2D eigenvalue weighted by Gasteiger charge is 2.15. The summed E-state index contributed by atoms with van der Waals surface area (Å²) in [6.07, 6.45) is 1.75. The Balaban J connectivity index is 2.19. The maximum absolute atomic E-state index is 11.6. The number of nitrogens with one attached hydrogen (secondary N) is 1. The quantitative estimate of drug-likeness (QED) is 0.641. The molecule has 0 saturated carbocycles. The van der Waals surface area contributed by atoms with Crippen molar-refractivity contribution in [1.82, 2.24) is 4.98 Å². The molecule has 1 heterocycles. The highest BCUT2D eigenvalue weighted by molar-refractivity contribution is 7.99. The minimum Gasteiger partial charge on any atom is -0.460 e. The van der Waals surface area contributed by atoms with Crippen molar-refractivity contribution >= 4 is 41.1 Å². The van der Waals surface area contributed by atoms with Gasteiger partial charge in [-0.25, -0.2) is 4.98 Å².